The summed E-state index contributed by atoms with van der Waals surface area (Å²) in [4.78, 5) is 24.7. The van der Waals surface area contributed by atoms with Crippen LogP contribution in [0.1, 0.15) is 10.7 Å². The Morgan fingerprint density at radius 1 is 1.35 bits per heavy atom. The molecule has 2 aromatic heterocycles. The van der Waals surface area contributed by atoms with Gasteiger partial charge in [-0.3, -0.25) is 9.47 Å². The zero-order valence-electron chi connectivity index (χ0n) is 11.4. The second-order valence-corrected chi connectivity index (χ2v) is 5.94. The number of thiazole rings is 1. The summed E-state index contributed by atoms with van der Waals surface area (Å²) in [6.45, 7) is 6.17. The smallest absolute Gasteiger partial charge is 0.321 e. The second kappa shape index (κ2) is 5.72. The highest BCUT2D eigenvalue weighted by Crippen LogP contribution is 2.12. The fourth-order valence-corrected chi connectivity index (χ4v) is 2.95. The van der Waals surface area contributed by atoms with Gasteiger partial charge in [-0.25, -0.2) is 14.8 Å². The molecule has 1 aliphatic heterocycles. The molecular weight excluding hydrogens is 274 g/mol. The maximum absolute atomic E-state index is 12.1. The first-order valence-electron chi connectivity index (χ1n) is 6.63. The van der Waals surface area contributed by atoms with Gasteiger partial charge in [0.1, 0.15) is 6.33 Å². The van der Waals surface area contributed by atoms with E-state index in [0.717, 1.165) is 43.4 Å². The molecule has 0 bridgehead atoms. The number of piperazine rings is 1. The molecule has 7 heteroatoms. The van der Waals surface area contributed by atoms with E-state index < -0.39 is 0 Å². The first-order chi connectivity index (χ1) is 9.72. The Bertz CT molecular complexity index is 571. The molecule has 0 radical (unpaired) electrons. The van der Waals surface area contributed by atoms with E-state index in [0.29, 0.717) is 0 Å². The molecule has 3 rings (SSSR count). The molecule has 0 aliphatic carbocycles. The predicted octanol–water partition coefficient (Wildman–Crippen LogP) is 1.43. The highest BCUT2D eigenvalue weighted by atomic mass is 32.1. The lowest BCUT2D eigenvalue weighted by Gasteiger charge is -2.34. The van der Waals surface area contributed by atoms with E-state index in [2.05, 4.69) is 20.2 Å². The minimum absolute atomic E-state index is 0.00616. The predicted molar refractivity (Wildman–Crippen MR) is 76.7 cm³/mol. The Morgan fingerprint density at radius 3 is 2.75 bits per heavy atom. The van der Waals surface area contributed by atoms with Crippen molar-refractivity contribution in [1.29, 1.82) is 0 Å². The molecule has 0 N–H and O–H groups in total. The van der Waals surface area contributed by atoms with Gasteiger partial charge in [-0.1, -0.05) is 0 Å². The summed E-state index contributed by atoms with van der Waals surface area (Å²) in [5.41, 5.74) is 1.13. The minimum Gasteiger partial charge on any atom is -0.321 e. The van der Waals surface area contributed by atoms with E-state index in [1.807, 2.05) is 11.8 Å². The Hall–Kier alpha value is -1.73. The lowest BCUT2D eigenvalue weighted by molar-refractivity contribution is 0.135. The van der Waals surface area contributed by atoms with Crippen molar-refractivity contribution in [3.8, 4) is 0 Å². The van der Waals surface area contributed by atoms with Gasteiger partial charge in [0.05, 0.1) is 10.7 Å². The zero-order chi connectivity index (χ0) is 13.9. The van der Waals surface area contributed by atoms with Crippen molar-refractivity contribution in [2.75, 3.05) is 26.2 Å². The van der Waals surface area contributed by atoms with Crippen LogP contribution in [0.2, 0.25) is 0 Å². The van der Waals surface area contributed by atoms with E-state index >= 15 is 0 Å². The topological polar surface area (TPSA) is 54.3 Å². The van der Waals surface area contributed by atoms with Gasteiger partial charge in [0, 0.05) is 50.5 Å². The second-order valence-electron chi connectivity index (χ2n) is 4.87. The van der Waals surface area contributed by atoms with Crippen LogP contribution in [0.4, 0.5) is 4.79 Å². The molecule has 1 fully saturated rings. The van der Waals surface area contributed by atoms with Crippen LogP contribution in [0.15, 0.2) is 24.1 Å². The number of imidazole rings is 1. The fraction of sp³-hybridized carbons (Fsp3) is 0.462. The lowest BCUT2D eigenvalue weighted by Crippen LogP contribution is -2.49. The third kappa shape index (κ3) is 2.88. The molecule has 2 aromatic rings. The number of hydrogen-bond donors (Lipinski definition) is 0. The number of rotatable bonds is 2. The van der Waals surface area contributed by atoms with E-state index in [-0.39, 0.29) is 6.03 Å². The van der Waals surface area contributed by atoms with Crippen LogP contribution in [0.25, 0.3) is 0 Å². The molecule has 20 heavy (non-hydrogen) atoms. The van der Waals surface area contributed by atoms with Crippen molar-refractivity contribution in [2.45, 2.75) is 13.5 Å². The quantitative estimate of drug-likeness (QED) is 0.840. The normalized spacial score (nSPS) is 16.6. The Kier molecular flexibility index (Phi) is 3.79. The molecule has 0 unspecified atom stereocenters. The number of nitrogens with zero attached hydrogens (tertiary/aromatic N) is 5. The highest BCUT2D eigenvalue weighted by Gasteiger charge is 2.22. The number of aryl methyl sites for hydroxylation is 1. The first kappa shape index (κ1) is 13.3. The third-order valence-corrected chi connectivity index (χ3v) is 4.24. The highest BCUT2D eigenvalue weighted by molar-refractivity contribution is 7.09. The van der Waals surface area contributed by atoms with Crippen molar-refractivity contribution >= 4 is 17.4 Å². The van der Waals surface area contributed by atoms with E-state index in [4.69, 9.17) is 0 Å². The van der Waals surface area contributed by atoms with Crippen molar-refractivity contribution in [3.63, 3.8) is 0 Å². The SMILES string of the molecule is Cc1nc(CN2CCN(C(=O)n3ccnc3)CC2)cs1. The van der Waals surface area contributed by atoms with Gasteiger partial charge < -0.3 is 4.90 Å². The molecular formula is C13H17N5OS. The first-order valence-corrected chi connectivity index (χ1v) is 7.51. The van der Waals surface area contributed by atoms with Crippen LogP contribution < -0.4 is 0 Å². The van der Waals surface area contributed by atoms with Crippen molar-refractivity contribution < 1.29 is 4.79 Å². The van der Waals surface area contributed by atoms with Crippen LogP contribution in [-0.2, 0) is 6.54 Å². The van der Waals surface area contributed by atoms with Crippen LogP contribution in [-0.4, -0.2) is 56.5 Å². The van der Waals surface area contributed by atoms with Gasteiger partial charge in [0.15, 0.2) is 0 Å². The number of hydrogen-bond acceptors (Lipinski definition) is 5. The van der Waals surface area contributed by atoms with Gasteiger partial charge in [-0.2, -0.15) is 0 Å². The van der Waals surface area contributed by atoms with Crippen molar-refractivity contribution in [3.05, 3.63) is 34.8 Å². The molecule has 0 aromatic carbocycles. The van der Waals surface area contributed by atoms with Gasteiger partial charge >= 0.3 is 6.03 Å². The Labute approximate surface area is 121 Å². The summed E-state index contributed by atoms with van der Waals surface area (Å²) in [5, 5.41) is 3.21. The fourth-order valence-electron chi connectivity index (χ4n) is 2.34. The Morgan fingerprint density at radius 2 is 2.15 bits per heavy atom. The van der Waals surface area contributed by atoms with E-state index in [1.165, 1.54) is 4.57 Å². The lowest BCUT2D eigenvalue weighted by atomic mass is 10.3. The molecule has 0 saturated carbocycles. The van der Waals surface area contributed by atoms with Gasteiger partial charge in [0.2, 0.25) is 0 Å². The van der Waals surface area contributed by atoms with E-state index in [1.54, 1.807) is 30.1 Å². The number of amides is 1. The monoisotopic (exact) mass is 291 g/mol. The number of aromatic nitrogens is 3. The summed E-state index contributed by atoms with van der Waals surface area (Å²) in [6.07, 6.45) is 4.86. The molecule has 0 atom stereocenters. The molecule has 0 spiro atoms. The van der Waals surface area contributed by atoms with Crippen LogP contribution in [0, 0.1) is 6.92 Å². The standard InChI is InChI=1S/C13H17N5OS/c1-11-15-12(9-20-11)8-16-4-6-17(7-5-16)13(19)18-3-2-14-10-18/h2-3,9-10H,4-8H2,1H3. The molecule has 1 amide bonds. The molecule has 6 nitrogen and oxygen atoms in total. The summed E-state index contributed by atoms with van der Waals surface area (Å²) in [6, 6.07) is 0.00616. The maximum atomic E-state index is 12.1. The van der Waals surface area contributed by atoms with Crippen LogP contribution in [0.3, 0.4) is 0 Å². The largest absolute Gasteiger partial charge is 0.329 e. The van der Waals surface area contributed by atoms with Crippen molar-refractivity contribution in [1.82, 2.24) is 24.3 Å². The zero-order valence-corrected chi connectivity index (χ0v) is 12.2. The van der Waals surface area contributed by atoms with Crippen LogP contribution in [0.5, 0.6) is 0 Å². The summed E-state index contributed by atoms with van der Waals surface area (Å²) in [5.74, 6) is 0. The van der Waals surface area contributed by atoms with Gasteiger partial charge in [0.25, 0.3) is 0 Å². The molecule has 3 heterocycles. The maximum Gasteiger partial charge on any atom is 0.329 e. The third-order valence-electron chi connectivity index (χ3n) is 3.42. The van der Waals surface area contributed by atoms with E-state index in [9.17, 15) is 4.79 Å². The molecule has 1 aliphatic rings. The average molecular weight is 291 g/mol. The minimum atomic E-state index is 0.00616. The summed E-state index contributed by atoms with van der Waals surface area (Å²) in [7, 11) is 0. The number of carbonyl (C=O) groups is 1. The Balaban J connectivity index is 1.53. The number of carbonyl (C=O) groups excluding carboxylic acids is 1. The van der Waals surface area contributed by atoms with Gasteiger partial charge in [-0.05, 0) is 6.92 Å². The van der Waals surface area contributed by atoms with Gasteiger partial charge in [-0.15, -0.1) is 11.3 Å². The molecule has 1 saturated heterocycles. The summed E-state index contributed by atoms with van der Waals surface area (Å²) < 4.78 is 1.53. The summed E-state index contributed by atoms with van der Waals surface area (Å²) >= 11 is 1.68. The van der Waals surface area contributed by atoms with Crippen LogP contribution >= 0.6 is 11.3 Å². The average Bonchev–Trinajstić information content (AvgIpc) is 3.11. The van der Waals surface area contributed by atoms with Crippen molar-refractivity contribution in [2.24, 2.45) is 0 Å². The molecule has 106 valence electrons.